The number of benzene rings is 2. The Bertz CT molecular complexity index is 1330. The largest absolute Gasteiger partial charge is 0.489 e. The number of hydrogen-bond donors (Lipinski definition) is 1. The summed E-state index contributed by atoms with van der Waals surface area (Å²) < 4.78 is 5.97. The molecule has 1 aliphatic rings. The summed E-state index contributed by atoms with van der Waals surface area (Å²) in [5, 5.41) is 0.940. The number of carbonyl (C=O) groups is 1. The standard InChI is InChI=1S/C26H23N3O2/c1-26(2)21-7-5-18(31-15-16-8-10-28-11-9-16)13-20(21)24(30)23-19-6-4-17(14-27-3)12-22(19)29-25(23)26/h4-14,29H,15H2,1-3H3/b27-14+. The van der Waals surface area contributed by atoms with Crippen LogP contribution < -0.4 is 4.74 Å². The fraction of sp³-hybridized carbons (Fsp3) is 0.192. The average molecular weight is 409 g/mol. The number of H-pyrrole nitrogens is 1. The van der Waals surface area contributed by atoms with Crippen LogP contribution in [0.1, 0.15) is 52.2 Å². The highest BCUT2D eigenvalue weighted by molar-refractivity contribution is 6.20. The van der Waals surface area contributed by atoms with Crippen LogP contribution in [0.2, 0.25) is 0 Å². The van der Waals surface area contributed by atoms with Crippen molar-refractivity contribution in [3.8, 4) is 5.75 Å². The first-order chi connectivity index (χ1) is 15.0. The lowest BCUT2D eigenvalue weighted by atomic mass is 9.71. The summed E-state index contributed by atoms with van der Waals surface area (Å²) >= 11 is 0. The first-order valence-electron chi connectivity index (χ1n) is 10.3. The van der Waals surface area contributed by atoms with Crippen LogP contribution in [-0.4, -0.2) is 29.0 Å². The van der Waals surface area contributed by atoms with E-state index in [9.17, 15) is 4.79 Å². The van der Waals surface area contributed by atoms with E-state index in [-0.39, 0.29) is 11.2 Å². The van der Waals surface area contributed by atoms with E-state index in [4.69, 9.17) is 4.74 Å². The Hall–Kier alpha value is -3.73. The van der Waals surface area contributed by atoms with Gasteiger partial charge >= 0.3 is 0 Å². The number of aliphatic imine (C=N–C) groups is 1. The zero-order valence-electron chi connectivity index (χ0n) is 17.8. The Labute approximate surface area is 180 Å². The molecule has 0 amide bonds. The molecule has 0 saturated carbocycles. The molecule has 31 heavy (non-hydrogen) atoms. The lowest BCUT2D eigenvalue weighted by Crippen LogP contribution is -2.30. The van der Waals surface area contributed by atoms with Crippen LogP contribution in [0, 0.1) is 0 Å². The molecule has 0 atom stereocenters. The van der Waals surface area contributed by atoms with Gasteiger partial charge in [-0.1, -0.05) is 32.0 Å². The van der Waals surface area contributed by atoms with E-state index in [1.807, 2.05) is 54.7 Å². The second-order valence-electron chi connectivity index (χ2n) is 8.37. The van der Waals surface area contributed by atoms with Crippen LogP contribution in [0.25, 0.3) is 10.9 Å². The maximum Gasteiger partial charge on any atom is 0.195 e. The van der Waals surface area contributed by atoms with Gasteiger partial charge in [-0.3, -0.25) is 14.8 Å². The summed E-state index contributed by atoms with van der Waals surface area (Å²) in [4.78, 5) is 25.2. The third-order valence-electron chi connectivity index (χ3n) is 6.02. The molecule has 1 N–H and O–H groups in total. The van der Waals surface area contributed by atoms with Gasteiger partial charge in [0.25, 0.3) is 0 Å². The van der Waals surface area contributed by atoms with Crippen molar-refractivity contribution in [1.29, 1.82) is 0 Å². The number of ether oxygens (including phenoxy) is 1. The van der Waals surface area contributed by atoms with Gasteiger partial charge in [-0.25, -0.2) is 0 Å². The summed E-state index contributed by atoms with van der Waals surface area (Å²) in [6.07, 6.45) is 5.30. The van der Waals surface area contributed by atoms with Crippen molar-refractivity contribution >= 4 is 22.9 Å². The molecule has 4 aromatic rings. The van der Waals surface area contributed by atoms with Gasteiger partial charge in [-0.05, 0) is 47.0 Å². The maximum absolute atomic E-state index is 13.6. The van der Waals surface area contributed by atoms with Crippen LogP contribution in [0.15, 0.2) is 65.9 Å². The van der Waals surface area contributed by atoms with Gasteiger partial charge in [0, 0.05) is 53.2 Å². The summed E-state index contributed by atoms with van der Waals surface area (Å²) in [6, 6.07) is 15.7. The van der Waals surface area contributed by atoms with E-state index in [1.54, 1.807) is 19.4 Å². The van der Waals surface area contributed by atoms with Crippen LogP contribution in [0.5, 0.6) is 5.75 Å². The van der Waals surface area contributed by atoms with Crippen molar-refractivity contribution in [2.24, 2.45) is 4.99 Å². The Morgan fingerprint density at radius 2 is 1.90 bits per heavy atom. The minimum absolute atomic E-state index is 0.0295. The summed E-state index contributed by atoms with van der Waals surface area (Å²) in [7, 11) is 1.75. The highest BCUT2D eigenvalue weighted by Crippen LogP contribution is 2.44. The minimum atomic E-state index is -0.333. The van der Waals surface area contributed by atoms with E-state index < -0.39 is 0 Å². The average Bonchev–Trinajstić information content (AvgIpc) is 3.17. The van der Waals surface area contributed by atoms with E-state index in [0.29, 0.717) is 17.9 Å². The molecular formula is C26H23N3O2. The summed E-state index contributed by atoms with van der Waals surface area (Å²) in [5.41, 5.74) is 6.06. The zero-order chi connectivity index (χ0) is 21.6. The first-order valence-corrected chi connectivity index (χ1v) is 10.3. The Morgan fingerprint density at radius 3 is 2.68 bits per heavy atom. The number of pyridine rings is 1. The molecule has 0 saturated heterocycles. The van der Waals surface area contributed by atoms with Gasteiger partial charge in [-0.2, -0.15) is 0 Å². The normalized spacial score (nSPS) is 14.6. The molecule has 0 fully saturated rings. The van der Waals surface area contributed by atoms with Gasteiger partial charge in [0.15, 0.2) is 5.78 Å². The Balaban J connectivity index is 1.57. The number of ketones is 1. The molecule has 154 valence electrons. The molecule has 0 aliphatic heterocycles. The van der Waals surface area contributed by atoms with Gasteiger partial charge in [0.05, 0.1) is 5.56 Å². The number of fused-ring (bicyclic) bond motifs is 4. The fourth-order valence-electron chi connectivity index (χ4n) is 4.41. The first kappa shape index (κ1) is 19.2. The van der Waals surface area contributed by atoms with Gasteiger partial charge in [-0.15, -0.1) is 0 Å². The van der Waals surface area contributed by atoms with Crippen LogP contribution in [-0.2, 0) is 12.0 Å². The molecule has 5 rings (SSSR count). The van der Waals surface area contributed by atoms with Crippen molar-refractivity contribution in [2.45, 2.75) is 25.9 Å². The monoisotopic (exact) mass is 409 g/mol. The van der Waals surface area contributed by atoms with Crippen molar-refractivity contribution in [2.75, 3.05) is 7.05 Å². The smallest absolute Gasteiger partial charge is 0.195 e. The Kier molecular flexibility index (Phi) is 4.47. The third-order valence-corrected chi connectivity index (χ3v) is 6.02. The minimum Gasteiger partial charge on any atom is -0.489 e. The maximum atomic E-state index is 13.6. The number of hydrogen-bond acceptors (Lipinski definition) is 4. The van der Waals surface area contributed by atoms with Crippen molar-refractivity contribution in [1.82, 2.24) is 9.97 Å². The number of nitrogens with one attached hydrogen (secondary N) is 1. The predicted octanol–water partition coefficient (Wildman–Crippen LogP) is 5.06. The number of rotatable bonds is 4. The lowest BCUT2D eigenvalue weighted by molar-refractivity contribution is 0.103. The van der Waals surface area contributed by atoms with Gasteiger partial charge in [0.1, 0.15) is 12.4 Å². The molecule has 0 spiro atoms. The molecular weight excluding hydrogens is 386 g/mol. The van der Waals surface area contributed by atoms with E-state index in [2.05, 4.69) is 28.8 Å². The number of aromatic amines is 1. The number of aromatic nitrogens is 2. The SMILES string of the molecule is C/N=C/c1ccc2c3c([nH]c2c1)C(C)(C)c1ccc(OCc2ccncc2)cc1C3=O. The van der Waals surface area contributed by atoms with Crippen LogP contribution >= 0.6 is 0 Å². The third kappa shape index (κ3) is 3.13. The fourth-order valence-corrected chi connectivity index (χ4v) is 4.41. The number of nitrogens with zero attached hydrogens (tertiary/aromatic N) is 2. The summed E-state index contributed by atoms with van der Waals surface area (Å²) in [5.74, 6) is 0.714. The number of carbonyl (C=O) groups excluding carboxylic acids is 1. The molecule has 5 nitrogen and oxygen atoms in total. The highest BCUT2D eigenvalue weighted by Gasteiger charge is 2.39. The molecule has 2 heterocycles. The van der Waals surface area contributed by atoms with Gasteiger partial charge < -0.3 is 9.72 Å². The molecule has 5 heteroatoms. The quantitative estimate of drug-likeness (QED) is 0.479. The van der Waals surface area contributed by atoms with E-state index in [0.717, 1.165) is 38.9 Å². The lowest BCUT2D eigenvalue weighted by Gasteiger charge is -2.32. The molecule has 2 aromatic heterocycles. The second-order valence-corrected chi connectivity index (χ2v) is 8.37. The van der Waals surface area contributed by atoms with Crippen molar-refractivity contribution in [3.05, 3.63) is 94.4 Å². The Morgan fingerprint density at radius 1 is 1.10 bits per heavy atom. The molecule has 0 unspecified atom stereocenters. The topological polar surface area (TPSA) is 67.3 Å². The predicted molar refractivity (Wildman–Crippen MR) is 122 cm³/mol. The molecule has 1 aliphatic carbocycles. The van der Waals surface area contributed by atoms with Crippen molar-refractivity contribution < 1.29 is 9.53 Å². The highest BCUT2D eigenvalue weighted by atomic mass is 16.5. The van der Waals surface area contributed by atoms with E-state index in [1.165, 1.54) is 0 Å². The van der Waals surface area contributed by atoms with Crippen LogP contribution in [0.3, 0.4) is 0 Å². The van der Waals surface area contributed by atoms with Crippen LogP contribution in [0.4, 0.5) is 0 Å². The second kappa shape index (κ2) is 7.20. The van der Waals surface area contributed by atoms with Crippen molar-refractivity contribution in [3.63, 3.8) is 0 Å². The molecule has 0 bridgehead atoms. The molecule has 0 radical (unpaired) electrons. The van der Waals surface area contributed by atoms with E-state index >= 15 is 0 Å². The molecule has 2 aromatic carbocycles. The zero-order valence-corrected chi connectivity index (χ0v) is 17.8. The summed E-state index contributed by atoms with van der Waals surface area (Å²) in [6.45, 7) is 4.73. The van der Waals surface area contributed by atoms with Gasteiger partial charge in [0.2, 0.25) is 0 Å².